The Labute approximate surface area is 149 Å². The Morgan fingerprint density at radius 3 is 2.92 bits per heavy atom. The molecule has 1 aromatic carbocycles. The summed E-state index contributed by atoms with van der Waals surface area (Å²) in [4.78, 5) is 33.7. The predicted molar refractivity (Wildman–Crippen MR) is 94.9 cm³/mol. The van der Waals surface area contributed by atoms with Crippen LogP contribution in [0.5, 0.6) is 0 Å². The Morgan fingerprint density at radius 1 is 1.35 bits per heavy atom. The molecule has 0 saturated carbocycles. The molecule has 134 valence electrons. The van der Waals surface area contributed by atoms with Gasteiger partial charge in [0.25, 0.3) is 5.56 Å². The highest BCUT2D eigenvalue weighted by Gasteiger charge is 2.32. The van der Waals surface area contributed by atoms with E-state index in [4.69, 9.17) is 4.74 Å². The first-order valence-electron chi connectivity index (χ1n) is 8.51. The molecule has 1 fully saturated rings. The Bertz CT molecular complexity index is 995. The number of ether oxygens (including phenoxy) is 1. The zero-order valence-electron chi connectivity index (χ0n) is 14.4. The van der Waals surface area contributed by atoms with Gasteiger partial charge in [0.2, 0.25) is 0 Å². The van der Waals surface area contributed by atoms with Crippen LogP contribution in [-0.4, -0.2) is 50.3 Å². The molecule has 0 aliphatic carbocycles. The van der Waals surface area contributed by atoms with E-state index in [0.29, 0.717) is 23.4 Å². The van der Waals surface area contributed by atoms with Gasteiger partial charge in [-0.2, -0.15) is 5.10 Å². The normalized spacial score (nSPS) is 17.7. The molecular weight excluding hydrogens is 334 g/mol. The number of nitrogens with zero attached hydrogens (tertiary/aromatic N) is 4. The summed E-state index contributed by atoms with van der Waals surface area (Å²) >= 11 is 0. The number of likely N-dealkylation sites (tertiary alicyclic amines) is 1. The smallest absolute Gasteiger partial charge is 0.323 e. The standard InChI is InChI=1S/C18H19N5O3/c1-26-18(25)14-8-5-9-22(14)11-15-20-16-13(17(24)21-15)10-19-23(16)12-6-3-2-4-7-12/h2-4,6-7,10,14H,5,8-9,11H2,1H3,(H,20,21,24). The minimum Gasteiger partial charge on any atom is -0.468 e. The number of aromatic nitrogens is 4. The van der Waals surface area contributed by atoms with E-state index in [1.807, 2.05) is 35.2 Å². The van der Waals surface area contributed by atoms with Crippen molar-refractivity contribution in [3.8, 4) is 5.69 Å². The minimum atomic E-state index is -0.292. The van der Waals surface area contributed by atoms with Crippen molar-refractivity contribution < 1.29 is 9.53 Å². The summed E-state index contributed by atoms with van der Waals surface area (Å²) in [5.74, 6) is 0.260. The van der Waals surface area contributed by atoms with Crippen LogP contribution in [0.25, 0.3) is 16.7 Å². The van der Waals surface area contributed by atoms with Gasteiger partial charge in [-0.3, -0.25) is 14.5 Å². The number of methoxy groups -OCH3 is 1. The van der Waals surface area contributed by atoms with Crippen molar-refractivity contribution in [1.82, 2.24) is 24.6 Å². The summed E-state index contributed by atoms with van der Waals surface area (Å²) in [6, 6.07) is 9.25. The maximum Gasteiger partial charge on any atom is 0.323 e. The molecule has 8 heteroatoms. The van der Waals surface area contributed by atoms with Gasteiger partial charge in [0.1, 0.15) is 17.3 Å². The number of nitrogens with one attached hydrogen (secondary N) is 1. The number of carbonyl (C=O) groups excluding carboxylic acids is 1. The molecule has 3 heterocycles. The van der Waals surface area contributed by atoms with Crippen molar-refractivity contribution >= 4 is 17.0 Å². The number of benzene rings is 1. The molecular formula is C18H19N5O3. The number of aromatic amines is 1. The Balaban J connectivity index is 1.71. The molecule has 0 spiro atoms. The third-order valence-electron chi connectivity index (χ3n) is 4.68. The topological polar surface area (TPSA) is 93.1 Å². The van der Waals surface area contributed by atoms with E-state index in [-0.39, 0.29) is 17.6 Å². The highest BCUT2D eigenvalue weighted by molar-refractivity contribution is 5.76. The van der Waals surface area contributed by atoms with E-state index in [2.05, 4.69) is 15.1 Å². The van der Waals surface area contributed by atoms with Crippen molar-refractivity contribution in [3.05, 3.63) is 52.7 Å². The van der Waals surface area contributed by atoms with Crippen molar-refractivity contribution in [2.45, 2.75) is 25.4 Å². The van der Waals surface area contributed by atoms with Gasteiger partial charge in [-0.05, 0) is 31.5 Å². The Hall–Kier alpha value is -3.00. The Kier molecular flexibility index (Phi) is 4.26. The van der Waals surface area contributed by atoms with Gasteiger partial charge in [-0.1, -0.05) is 18.2 Å². The fraction of sp³-hybridized carbons (Fsp3) is 0.333. The third-order valence-corrected chi connectivity index (χ3v) is 4.68. The van der Waals surface area contributed by atoms with Crippen LogP contribution in [0.15, 0.2) is 41.3 Å². The van der Waals surface area contributed by atoms with E-state index in [1.54, 1.807) is 4.68 Å². The van der Waals surface area contributed by atoms with Crippen LogP contribution in [0.3, 0.4) is 0 Å². The van der Waals surface area contributed by atoms with Crippen molar-refractivity contribution in [1.29, 1.82) is 0 Å². The highest BCUT2D eigenvalue weighted by Crippen LogP contribution is 2.20. The number of carbonyl (C=O) groups is 1. The van der Waals surface area contributed by atoms with Gasteiger partial charge in [0.05, 0.1) is 25.5 Å². The minimum absolute atomic E-state index is 0.235. The number of H-pyrrole nitrogens is 1. The molecule has 0 radical (unpaired) electrons. The van der Waals surface area contributed by atoms with Crippen LogP contribution in [0.2, 0.25) is 0 Å². The summed E-state index contributed by atoms with van der Waals surface area (Å²) < 4.78 is 6.52. The first-order chi connectivity index (χ1) is 12.7. The lowest BCUT2D eigenvalue weighted by Gasteiger charge is -2.21. The van der Waals surface area contributed by atoms with Gasteiger partial charge in [-0.25, -0.2) is 9.67 Å². The second kappa shape index (κ2) is 6.72. The second-order valence-corrected chi connectivity index (χ2v) is 6.29. The molecule has 1 N–H and O–H groups in total. The molecule has 1 aliphatic heterocycles. The number of fused-ring (bicyclic) bond motifs is 1. The lowest BCUT2D eigenvalue weighted by atomic mass is 10.2. The average molecular weight is 353 g/mol. The lowest BCUT2D eigenvalue weighted by Crippen LogP contribution is -2.37. The summed E-state index contributed by atoms with van der Waals surface area (Å²) in [6.45, 7) is 1.14. The fourth-order valence-corrected chi connectivity index (χ4v) is 3.41. The quantitative estimate of drug-likeness (QED) is 0.710. The van der Waals surface area contributed by atoms with Crippen molar-refractivity contribution in [2.75, 3.05) is 13.7 Å². The van der Waals surface area contributed by atoms with Crippen LogP contribution >= 0.6 is 0 Å². The summed E-state index contributed by atoms with van der Waals surface area (Å²) in [5.41, 5.74) is 1.10. The first kappa shape index (κ1) is 16.5. The molecule has 1 unspecified atom stereocenters. The van der Waals surface area contributed by atoms with Crippen LogP contribution < -0.4 is 5.56 Å². The van der Waals surface area contributed by atoms with E-state index < -0.39 is 0 Å². The summed E-state index contributed by atoms with van der Waals surface area (Å²) in [7, 11) is 1.39. The van der Waals surface area contributed by atoms with E-state index in [9.17, 15) is 9.59 Å². The molecule has 3 aromatic rings. The Morgan fingerprint density at radius 2 is 2.15 bits per heavy atom. The number of rotatable bonds is 4. The van der Waals surface area contributed by atoms with Crippen LogP contribution in [0.4, 0.5) is 0 Å². The molecule has 0 amide bonds. The molecule has 1 aliphatic rings. The van der Waals surface area contributed by atoms with Crippen molar-refractivity contribution in [3.63, 3.8) is 0 Å². The van der Waals surface area contributed by atoms with Crippen LogP contribution in [0, 0.1) is 0 Å². The fourth-order valence-electron chi connectivity index (χ4n) is 3.41. The van der Waals surface area contributed by atoms with E-state index in [0.717, 1.165) is 25.1 Å². The third kappa shape index (κ3) is 2.88. The zero-order valence-corrected chi connectivity index (χ0v) is 14.4. The summed E-state index contributed by atoms with van der Waals surface area (Å²) in [5, 5.41) is 4.74. The molecule has 8 nitrogen and oxygen atoms in total. The maximum atomic E-state index is 12.4. The van der Waals surface area contributed by atoms with Gasteiger partial charge in [-0.15, -0.1) is 0 Å². The maximum absolute atomic E-state index is 12.4. The average Bonchev–Trinajstić information content (AvgIpc) is 3.29. The summed E-state index contributed by atoms with van der Waals surface area (Å²) in [6.07, 6.45) is 3.18. The zero-order chi connectivity index (χ0) is 18.1. The first-order valence-corrected chi connectivity index (χ1v) is 8.51. The van der Waals surface area contributed by atoms with Gasteiger partial charge < -0.3 is 9.72 Å². The SMILES string of the molecule is COC(=O)C1CCCN1Cc1nc2c(cnn2-c2ccccc2)c(=O)[nH]1. The van der Waals surface area contributed by atoms with Crippen molar-refractivity contribution in [2.24, 2.45) is 0 Å². The molecule has 1 atom stereocenters. The molecule has 0 bridgehead atoms. The highest BCUT2D eigenvalue weighted by atomic mass is 16.5. The second-order valence-electron chi connectivity index (χ2n) is 6.29. The number of hydrogen-bond donors (Lipinski definition) is 1. The molecule has 1 saturated heterocycles. The van der Waals surface area contributed by atoms with Gasteiger partial charge in [0.15, 0.2) is 5.65 Å². The molecule has 4 rings (SSSR count). The van der Waals surface area contributed by atoms with Crippen LogP contribution in [0.1, 0.15) is 18.7 Å². The number of esters is 1. The monoisotopic (exact) mass is 353 g/mol. The van der Waals surface area contributed by atoms with Gasteiger partial charge >= 0.3 is 5.97 Å². The predicted octanol–water partition coefficient (Wildman–Crippen LogP) is 1.25. The van der Waals surface area contributed by atoms with E-state index in [1.165, 1.54) is 13.3 Å². The molecule has 26 heavy (non-hydrogen) atoms. The largest absolute Gasteiger partial charge is 0.468 e. The van der Waals surface area contributed by atoms with Gasteiger partial charge in [0, 0.05) is 0 Å². The number of hydrogen-bond acceptors (Lipinski definition) is 6. The lowest BCUT2D eigenvalue weighted by molar-refractivity contribution is -0.146. The molecule has 2 aromatic heterocycles. The number of para-hydroxylation sites is 1. The van der Waals surface area contributed by atoms with Crippen LogP contribution in [-0.2, 0) is 16.1 Å². The van der Waals surface area contributed by atoms with E-state index >= 15 is 0 Å².